The average Bonchev–Trinajstić information content (AvgIpc) is 2.96. The van der Waals surface area contributed by atoms with E-state index >= 15 is 0 Å². The van der Waals surface area contributed by atoms with E-state index in [-0.39, 0.29) is 12.0 Å². The number of nitrogens with two attached hydrogens (primary N) is 1. The second-order valence-electron chi connectivity index (χ2n) is 4.43. The van der Waals surface area contributed by atoms with Crippen LogP contribution in [0.4, 0.5) is 5.95 Å². The lowest BCUT2D eigenvalue weighted by molar-refractivity contribution is 0.187. The molecule has 0 aliphatic carbocycles. The zero-order valence-electron chi connectivity index (χ0n) is 9.13. The van der Waals surface area contributed by atoms with E-state index in [0.29, 0.717) is 25.1 Å². The highest BCUT2D eigenvalue weighted by Gasteiger charge is 2.32. The first-order chi connectivity index (χ1) is 7.84. The first kappa shape index (κ1) is 10.0. The average molecular weight is 224 g/mol. The van der Waals surface area contributed by atoms with Crippen LogP contribution in [0.25, 0.3) is 0 Å². The predicted molar refractivity (Wildman–Crippen MR) is 57.3 cm³/mol. The molecule has 88 valence electrons. The van der Waals surface area contributed by atoms with Crippen LogP contribution in [0.1, 0.15) is 24.7 Å². The van der Waals surface area contributed by atoms with E-state index in [1.54, 1.807) is 0 Å². The summed E-state index contributed by atoms with van der Waals surface area (Å²) in [5, 5.41) is 4.01. The molecule has 6 nitrogen and oxygen atoms in total. The lowest BCUT2D eigenvalue weighted by atomic mass is 10.1. The fraction of sp³-hybridized carbons (Fsp3) is 0.800. The van der Waals surface area contributed by atoms with Crippen molar-refractivity contribution in [1.82, 2.24) is 10.1 Å². The topological polar surface area (TPSA) is 77.4 Å². The van der Waals surface area contributed by atoms with Crippen LogP contribution >= 0.6 is 0 Å². The summed E-state index contributed by atoms with van der Waals surface area (Å²) in [5.74, 6) is 1.38. The predicted octanol–water partition coefficient (Wildman–Crippen LogP) is 0.111. The molecule has 2 saturated heterocycles. The highest BCUT2D eigenvalue weighted by molar-refractivity contribution is 5.29. The van der Waals surface area contributed by atoms with Crippen molar-refractivity contribution in [1.29, 1.82) is 0 Å². The lowest BCUT2D eigenvalue weighted by Gasteiger charge is -2.10. The maximum atomic E-state index is 5.91. The summed E-state index contributed by atoms with van der Waals surface area (Å²) >= 11 is 0. The number of ether oxygens (including phenoxy) is 1. The van der Waals surface area contributed by atoms with Gasteiger partial charge in [0.15, 0.2) is 0 Å². The van der Waals surface area contributed by atoms with Gasteiger partial charge in [-0.2, -0.15) is 4.98 Å². The van der Waals surface area contributed by atoms with Crippen molar-refractivity contribution in [3.8, 4) is 0 Å². The van der Waals surface area contributed by atoms with Crippen molar-refractivity contribution in [3.63, 3.8) is 0 Å². The van der Waals surface area contributed by atoms with Gasteiger partial charge >= 0.3 is 0 Å². The molecule has 6 heteroatoms. The molecule has 2 aliphatic rings. The first-order valence-corrected chi connectivity index (χ1v) is 5.76. The molecular formula is C10H16N4O2. The summed E-state index contributed by atoms with van der Waals surface area (Å²) in [4.78, 5) is 6.56. The first-order valence-electron chi connectivity index (χ1n) is 5.76. The Morgan fingerprint density at radius 2 is 2.06 bits per heavy atom. The minimum Gasteiger partial charge on any atom is -0.379 e. The standard InChI is InChI=1S/C10H16N4O2/c11-8-6-15-5-7(8)9-12-10(13-16-9)14-3-1-2-4-14/h7-8H,1-6,11H2. The van der Waals surface area contributed by atoms with E-state index in [0.717, 1.165) is 13.1 Å². The molecule has 0 amide bonds. The molecule has 1 aromatic heterocycles. The SMILES string of the molecule is NC1COCC1c1nc(N2CCCC2)no1. The lowest BCUT2D eigenvalue weighted by Crippen LogP contribution is -2.27. The number of rotatable bonds is 2. The Balaban J connectivity index is 1.76. The zero-order chi connectivity index (χ0) is 11.0. The molecule has 2 N–H and O–H groups in total. The second kappa shape index (κ2) is 4.03. The molecule has 3 heterocycles. The molecule has 0 radical (unpaired) electrons. The molecule has 3 rings (SSSR count). The van der Waals surface area contributed by atoms with E-state index < -0.39 is 0 Å². The highest BCUT2D eigenvalue weighted by atomic mass is 16.5. The molecule has 1 aromatic rings. The molecule has 2 aliphatic heterocycles. The number of aromatic nitrogens is 2. The van der Waals surface area contributed by atoms with E-state index in [1.165, 1.54) is 12.8 Å². The fourth-order valence-electron chi connectivity index (χ4n) is 2.25. The van der Waals surface area contributed by atoms with Crippen molar-refractivity contribution in [2.24, 2.45) is 5.73 Å². The summed E-state index contributed by atoms with van der Waals surface area (Å²) in [6.07, 6.45) is 2.41. The molecule has 2 fully saturated rings. The van der Waals surface area contributed by atoms with Gasteiger partial charge in [0.2, 0.25) is 5.89 Å². The van der Waals surface area contributed by atoms with Crippen LogP contribution in [-0.4, -0.2) is 42.5 Å². The molecule has 2 unspecified atom stereocenters. The Kier molecular flexibility index (Phi) is 2.53. The van der Waals surface area contributed by atoms with Gasteiger partial charge in [-0.15, -0.1) is 0 Å². The van der Waals surface area contributed by atoms with Crippen LogP contribution in [0.15, 0.2) is 4.52 Å². The monoisotopic (exact) mass is 224 g/mol. The highest BCUT2D eigenvalue weighted by Crippen LogP contribution is 2.25. The Morgan fingerprint density at radius 1 is 1.25 bits per heavy atom. The van der Waals surface area contributed by atoms with Crippen molar-refractivity contribution < 1.29 is 9.26 Å². The van der Waals surface area contributed by atoms with Gasteiger partial charge in [-0.05, 0) is 18.0 Å². The minimum atomic E-state index is -0.0214. The third kappa shape index (κ3) is 1.68. The Labute approximate surface area is 93.7 Å². The third-order valence-corrected chi connectivity index (χ3v) is 3.26. The van der Waals surface area contributed by atoms with Crippen LogP contribution in [0.2, 0.25) is 0 Å². The van der Waals surface area contributed by atoms with Gasteiger partial charge in [0, 0.05) is 19.1 Å². The van der Waals surface area contributed by atoms with Gasteiger partial charge < -0.3 is 19.9 Å². The summed E-state index contributed by atoms with van der Waals surface area (Å²) in [6.45, 7) is 3.20. The van der Waals surface area contributed by atoms with Crippen LogP contribution in [0.5, 0.6) is 0 Å². The summed E-state index contributed by atoms with van der Waals surface area (Å²) in [7, 11) is 0. The number of hydrogen-bond donors (Lipinski definition) is 1. The quantitative estimate of drug-likeness (QED) is 0.768. The van der Waals surface area contributed by atoms with Gasteiger partial charge in [-0.25, -0.2) is 0 Å². The fourth-order valence-corrected chi connectivity index (χ4v) is 2.25. The van der Waals surface area contributed by atoms with Crippen LogP contribution in [0, 0.1) is 0 Å². The molecule has 16 heavy (non-hydrogen) atoms. The van der Waals surface area contributed by atoms with Gasteiger partial charge in [-0.3, -0.25) is 0 Å². The Bertz CT molecular complexity index is 361. The summed E-state index contributed by atoms with van der Waals surface area (Å²) < 4.78 is 10.6. The minimum absolute atomic E-state index is 0.0214. The maximum absolute atomic E-state index is 5.91. The molecule has 0 aromatic carbocycles. The van der Waals surface area contributed by atoms with Gasteiger partial charge in [0.1, 0.15) is 0 Å². The van der Waals surface area contributed by atoms with E-state index in [4.69, 9.17) is 15.0 Å². The smallest absolute Gasteiger partial charge is 0.266 e. The zero-order valence-corrected chi connectivity index (χ0v) is 9.13. The number of nitrogens with zero attached hydrogens (tertiary/aromatic N) is 3. The van der Waals surface area contributed by atoms with Crippen molar-refractivity contribution >= 4 is 5.95 Å². The van der Waals surface area contributed by atoms with Gasteiger partial charge in [0.05, 0.1) is 19.1 Å². The number of hydrogen-bond acceptors (Lipinski definition) is 6. The van der Waals surface area contributed by atoms with Crippen molar-refractivity contribution in [2.75, 3.05) is 31.2 Å². The molecule has 2 atom stereocenters. The van der Waals surface area contributed by atoms with Crippen LogP contribution in [0.3, 0.4) is 0 Å². The molecule has 0 saturated carbocycles. The van der Waals surface area contributed by atoms with Crippen molar-refractivity contribution in [2.45, 2.75) is 24.8 Å². The van der Waals surface area contributed by atoms with Gasteiger partial charge in [-0.1, -0.05) is 0 Å². The summed E-state index contributed by atoms with van der Waals surface area (Å²) in [6, 6.07) is -0.0214. The van der Waals surface area contributed by atoms with Crippen molar-refractivity contribution in [3.05, 3.63) is 5.89 Å². The molecular weight excluding hydrogens is 208 g/mol. The maximum Gasteiger partial charge on any atom is 0.266 e. The Hall–Kier alpha value is -1.14. The Morgan fingerprint density at radius 3 is 2.75 bits per heavy atom. The van der Waals surface area contributed by atoms with E-state index in [1.807, 2.05) is 0 Å². The second-order valence-corrected chi connectivity index (χ2v) is 4.43. The van der Waals surface area contributed by atoms with Gasteiger partial charge in [0.25, 0.3) is 5.95 Å². The largest absolute Gasteiger partial charge is 0.379 e. The molecule has 0 spiro atoms. The summed E-state index contributed by atoms with van der Waals surface area (Å²) in [5.41, 5.74) is 5.91. The van der Waals surface area contributed by atoms with Crippen LogP contribution in [-0.2, 0) is 4.74 Å². The van der Waals surface area contributed by atoms with E-state index in [2.05, 4.69) is 15.0 Å². The third-order valence-electron chi connectivity index (χ3n) is 3.26. The van der Waals surface area contributed by atoms with Crippen LogP contribution < -0.4 is 10.6 Å². The number of anilines is 1. The molecule has 0 bridgehead atoms. The van der Waals surface area contributed by atoms with E-state index in [9.17, 15) is 0 Å². The normalized spacial score (nSPS) is 30.2.